The maximum Gasteiger partial charge on any atom is 0.230 e. The Kier molecular flexibility index (Phi) is 4.58. The van der Waals surface area contributed by atoms with Gasteiger partial charge in [0.1, 0.15) is 5.69 Å². The van der Waals surface area contributed by atoms with Crippen LogP contribution in [0.3, 0.4) is 0 Å². The number of piperidine rings is 1. The highest BCUT2D eigenvalue weighted by molar-refractivity contribution is 5.47. The summed E-state index contributed by atoms with van der Waals surface area (Å²) in [6.45, 7) is 1.99. The van der Waals surface area contributed by atoms with E-state index in [0.29, 0.717) is 17.8 Å². The molecule has 1 saturated carbocycles. The number of aliphatic hydroxyl groups is 1. The lowest BCUT2D eigenvalue weighted by Crippen LogP contribution is -2.48. The lowest BCUT2D eigenvalue weighted by atomic mass is 9.88. The lowest BCUT2D eigenvalue weighted by molar-refractivity contribution is 0.00731. The third-order valence-electron chi connectivity index (χ3n) is 5.38. The topological polar surface area (TPSA) is 75.3 Å². The van der Waals surface area contributed by atoms with Gasteiger partial charge in [-0.1, -0.05) is 24.1 Å². The van der Waals surface area contributed by atoms with Crippen LogP contribution in [0.1, 0.15) is 50.3 Å². The predicted octanol–water partition coefficient (Wildman–Crippen LogP) is 2.61. The quantitative estimate of drug-likeness (QED) is 0.933. The Morgan fingerprint density at radius 2 is 1.92 bits per heavy atom. The van der Waals surface area contributed by atoms with Crippen LogP contribution < -0.4 is 0 Å². The average Bonchev–Trinajstić information content (AvgIpc) is 3.13. The molecule has 6 heteroatoms. The summed E-state index contributed by atoms with van der Waals surface area (Å²) in [6, 6.07) is 6.03. The van der Waals surface area contributed by atoms with Crippen molar-refractivity contribution in [3.8, 4) is 11.5 Å². The van der Waals surface area contributed by atoms with Gasteiger partial charge in [-0.25, -0.2) is 0 Å². The fourth-order valence-corrected chi connectivity index (χ4v) is 4.00. The van der Waals surface area contributed by atoms with E-state index in [-0.39, 0.29) is 6.10 Å². The fourth-order valence-electron chi connectivity index (χ4n) is 4.00. The third-order valence-corrected chi connectivity index (χ3v) is 5.38. The first-order valence-electron chi connectivity index (χ1n) is 8.98. The number of nitrogens with zero attached hydrogens (tertiary/aromatic N) is 4. The van der Waals surface area contributed by atoms with Crippen molar-refractivity contribution in [1.82, 2.24) is 20.0 Å². The minimum Gasteiger partial charge on any atom is -0.391 e. The van der Waals surface area contributed by atoms with E-state index >= 15 is 0 Å². The maximum atomic E-state index is 10.2. The first kappa shape index (κ1) is 15.7. The number of hydrogen-bond donors (Lipinski definition) is 1. The summed E-state index contributed by atoms with van der Waals surface area (Å²) in [4.78, 5) is 11.3. The molecule has 2 atom stereocenters. The zero-order valence-electron chi connectivity index (χ0n) is 13.8. The van der Waals surface area contributed by atoms with Crippen molar-refractivity contribution in [3.63, 3.8) is 0 Å². The summed E-state index contributed by atoms with van der Waals surface area (Å²) in [5.74, 6) is 1.60. The predicted molar refractivity (Wildman–Crippen MR) is 89.3 cm³/mol. The van der Waals surface area contributed by atoms with Gasteiger partial charge in [0, 0.05) is 18.2 Å². The van der Waals surface area contributed by atoms with Crippen LogP contribution in [0.5, 0.6) is 0 Å². The van der Waals surface area contributed by atoms with Crippen LogP contribution in [0.4, 0.5) is 0 Å². The van der Waals surface area contributed by atoms with E-state index in [0.717, 1.165) is 56.8 Å². The van der Waals surface area contributed by atoms with Gasteiger partial charge in [-0.2, -0.15) is 4.98 Å². The molecule has 2 aromatic heterocycles. The molecule has 3 heterocycles. The Bertz CT molecular complexity index is 652. The molecule has 24 heavy (non-hydrogen) atoms. The number of hydrogen-bond acceptors (Lipinski definition) is 6. The minimum atomic E-state index is -0.158. The molecule has 1 saturated heterocycles. The fraction of sp³-hybridized carbons (Fsp3) is 0.611. The molecule has 0 amide bonds. The second kappa shape index (κ2) is 6.99. The zero-order chi connectivity index (χ0) is 16.4. The first-order chi connectivity index (χ1) is 11.8. The number of aromatic nitrogens is 3. The smallest absolute Gasteiger partial charge is 0.230 e. The van der Waals surface area contributed by atoms with Gasteiger partial charge in [0.05, 0.1) is 6.10 Å². The second-order valence-electron chi connectivity index (χ2n) is 6.90. The van der Waals surface area contributed by atoms with Gasteiger partial charge in [-0.3, -0.25) is 9.88 Å². The summed E-state index contributed by atoms with van der Waals surface area (Å²) in [5.41, 5.74) is 0.746. The molecular weight excluding hydrogens is 304 g/mol. The van der Waals surface area contributed by atoms with Crippen molar-refractivity contribution in [3.05, 3.63) is 30.3 Å². The summed E-state index contributed by atoms with van der Waals surface area (Å²) in [7, 11) is 0. The maximum absolute atomic E-state index is 10.2. The number of rotatable bonds is 3. The standard InChI is InChI=1S/C18H24N4O2/c23-16-7-2-1-6-15(16)22-11-8-13(9-12-22)18-20-17(21-24-18)14-5-3-4-10-19-14/h3-5,10,13,15-16,23H,1-2,6-9,11-12H2. The molecule has 6 nitrogen and oxygen atoms in total. The van der Waals surface area contributed by atoms with Gasteiger partial charge < -0.3 is 9.63 Å². The van der Waals surface area contributed by atoms with E-state index in [9.17, 15) is 5.11 Å². The Morgan fingerprint density at radius 1 is 1.08 bits per heavy atom. The Balaban J connectivity index is 1.38. The van der Waals surface area contributed by atoms with Crippen molar-refractivity contribution in [2.75, 3.05) is 13.1 Å². The van der Waals surface area contributed by atoms with Crippen LogP contribution in [0, 0.1) is 0 Å². The number of likely N-dealkylation sites (tertiary alicyclic amines) is 1. The van der Waals surface area contributed by atoms with E-state index < -0.39 is 0 Å². The van der Waals surface area contributed by atoms with E-state index in [4.69, 9.17) is 4.52 Å². The van der Waals surface area contributed by atoms with Crippen LogP contribution in [-0.2, 0) is 0 Å². The molecule has 2 aliphatic rings. The third kappa shape index (κ3) is 3.21. The largest absolute Gasteiger partial charge is 0.391 e. The van der Waals surface area contributed by atoms with E-state index in [1.807, 2.05) is 18.2 Å². The number of aliphatic hydroxyl groups excluding tert-OH is 1. The van der Waals surface area contributed by atoms with Crippen molar-refractivity contribution >= 4 is 0 Å². The first-order valence-corrected chi connectivity index (χ1v) is 8.98. The Hall–Kier alpha value is -1.79. The summed E-state index contributed by atoms with van der Waals surface area (Å²) in [6.07, 6.45) is 8.05. The zero-order valence-corrected chi connectivity index (χ0v) is 13.8. The van der Waals surface area contributed by atoms with Gasteiger partial charge >= 0.3 is 0 Å². The molecule has 0 bridgehead atoms. The van der Waals surface area contributed by atoms with Crippen LogP contribution in [0.2, 0.25) is 0 Å². The molecule has 1 aliphatic carbocycles. The van der Waals surface area contributed by atoms with Gasteiger partial charge in [0.15, 0.2) is 0 Å². The molecular formula is C18H24N4O2. The van der Waals surface area contributed by atoms with E-state index in [1.54, 1.807) is 6.20 Å². The molecule has 128 valence electrons. The van der Waals surface area contributed by atoms with Crippen LogP contribution in [0.15, 0.2) is 28.9 Å². The summed E-state index contributed by atoms with van der Waals surface area (Å²) < 4.78 is 5.49. The molecule has 0 aromatic carbocycles. The molecule has 0 spiro atoms. The summed E-state index contributed by atoms with van der Waals surface area (Å²) >= 11 is 0. The average molecular weight is 328 g/mol. The van der Waals surface area contributed by atoms with E-state index in [2.05, 4.69) is 20.0 Å². The molecule has 1 aliphatic heterocycles. The molecule has 2 unspecified atom stereocenters. The monoisotopic (exact) mass is 328 g/mol. The van der Waals surface area contributed by atoms with Gasteiger partial charge in [-0.15, -0.1) is 0 Å². The molecule has 4 rings (SSSR count). The lowest BCUT2D eigenvalue weighted by Gasteiger charge is -2.41. The highest BCUT2D eigenvalue weighted by atomic mass is 16.5. The van der Waals surface area contributed by atoms with Crippen molar-refractivity contribution in [1.29, 1.82) is 0 Å². The van der Waals surface area contributed by atoms with Gasteiger partial charge in [0.2, 0.25) is 11.7 Å². The van der Waals surface area contributed by atoms with Crippen LogP contribution >= 0.6 is 0 Å². The van der Waals surface area contributed by atoms with Gasteiger partial charge in [-0.05, 0) is 50.9 Å². The van der Waals surface area contributed by atoms with Crippen molar-refractivity contribution in [2.45, 2.75) is 56.6 Å². The molecule has 0 radical (unpaired) electrons. The molecule has 2 aromatic rings. The van der Waals surface area contributed by atoms with Crippen LogP contribution in [-0.4, -0.2) is 50.4 Å². The highest BCUT2D eigenvalue weighted by Crippen LogP contribution is 2.32. The normalized spacial score (nSPS) is 26.5. The minimum absolute atomic E-state index is 0.158. The number of pyridine rings is 1. The van der Waals surface area contributed by atoms with Gasteiger partial charge in [0.25, 0.3) is 0 Å². The molecule has 2 fully saturated rings. The summed E-state index contributed by atoms with van der Waals surface area (Å²) in [5, 5.41) is 14.3. The van der Waals surface area contributed by atoms with Crippen molar-refractivity contribution < 1.29 is 9.63 Å². The van der Waals surface area contributed by atoms with Crippen LogP contribution in [0.25, 0.3) is 11.5 Å². The second-order valence-corrected chi connectivity index (χ2v) is 6.90. The van der Waals surface area contributed by atoms with Crippen molar-refractivity contribution in [2.24, 2.45) is 0 Å². The Morgan fingerprint density at radius 3 is 2.67 bits per heavy atom. The molecule has 1 N–H and O–H groups in total. The Labute approximate surface area is 141 Å². The SMILES string of the molecule is OC1CCCCC1N1CCC(c2nc(-c3ccccn3)no2)CC1. The van der Waals surface area contributed by atoms with E-state index in [1.165, 1.54) is 6.42 Å². The highest BCUT2D eigenvalue weighted by Gasteiger charge is 2.33.